The van der Waals surface area contributed by atoms with Crippen molar-refractivity contribution in [2.24, 2.45) is 5.92 Å². The lowest BCUT2D eigenvalue weighted by Gasteiger charge is -2.12. The van der Waals surface area contributed by atoms with Gasteiger partial charge in [-0.25, -0.2) is 0 Å². The number of rotatable bonds is 3. The highest BCUT2D eigenvalue weighted by Gasteiger charge is 2.14. The van der Waals surface area contributed by atoms with E-state index in [9.17, 15) is 0 Å². The van der Waals surface area contributed by atoms with Crippen LogP contribution in [0.2, 0.25) is 0 Å². The maximum absolute atomic E-state index is 5.60. The normalized spacial score (nSPS) is 20.7. The van der Waals surface area contributed by atoms with Gasteiger partial charge in [-0.3, -0.25) is 0 Å². The first kappa shape index (κ1) is 8.06. The fraction of sp³-hybridized carbons (Fsp3) is 0.889. The van der Waals surface area contributed by atoms with Crippen molar-refractivity contribution >= 4 is 0 Å². The Hall–Kier alpha value is -0.0400. The Kier molecular flexibility index (Phi) is 3.20. The maximum atomic E-state index is 5.60. The maximum Gasteiger partial charge on any atom is 0.0575 e. The molecular formula is C9H17O. The van der Waals surface area contributed by atoms with Gasteiger partial charge in [0, 0.05) is 6.61 Å². The fourth-order valence-electron chi connectivity index (χ4n) is 1.36. The van der Waals surface area contributed by atoms with Gasteiger partial charge in [0.25, 0.3) is 0 Å². The smallest absolute Gasteiger partial charge is 0.0575 e. The van der Waals surface area contributed by atoms with Gasteiger partial charge in [-0.15, -0.1) is 0 Å². The molecule has 1 atom stereocenters. The molecule has 1 aliphatic rings. The first-order chi connectivity index (χ1) is 4.79. The van der Waals surface area contributed by atoms with Crippen LogP contribution in [0.4, 0.5) is 0 Å². The third-order valence-electron chi connectivity index (χ3n) is 1.92. The Labute approximate surface area is 63.8 Å². The van der Waals surface area contributed by atoms with E-state index in [1.165, 1.54) is 25.7 Å². The lowest BCUT2D eigenvalue weighted by Crippen LogP contribution is -2.11. The Morgan fingerprint density at radius 1 is 1.50 bits per heavy atom. The van der Waals surface area contributed by atoms with Crippen molar-refractivity contribution < 1.29 is 4.74 Å². The molecule has 1 nitrogen and oxygen atoms in total. The molecule has 0 aromatic heterocycles. The Balaban J connectivity index is 2.01. The molecule has 1 radical (unpaired) electrons. The molecule has 1 saturated carbocycles. The van der Waals surface area contributed by atoms with Gasteiger partial charge in [-0.2, -0.15) is 0 Å². The highest BCUT2D eigenvalue weighted by Crippen LogP contribution is 2.21. The highest BCUT2D eigenvalue weighted by molar-refractivity contribution is 4.67. The molecule has 0 bridgehead atoms. The zero-order valence-corrected chi connectivity index (χ0v) is 6.81. The molecule has 0 aromatic carbocycles. The van der Waals surface area contributed by atoms with Gasteiger partial charge in [-0.05, 0) is 25.7 Å². The predicted octanol–water partition coefficient (Wildman–Crippen LogP) is 2.42. The van der Waals surface area contributed by atoms with Crippen LogP contribution in [0.1, 0.15) is 32.6 Å². The molecule has 1 aliphatic carbocycles. The number of ether oxygens (including phenoxy) is 1. The lowest BCUT2D eigenvalue weighted by atomic mass is 10.2. The van der Waals surface area contributed by atoms with Crippen LogP contribution in [0, 0.1) is 12.8 Å². The van der Waals surface area contributed by atoms with E-state index >= 15 is 0 Å². The zero-order valence-electron chi connectivity index (χ0n) is 6.81. The molecule has 0 spiro atoms. The van der Waals surface area contributed by atoms with E-state index in [-0.39, 0.29) is 0 Å². The van der Waals surface area contributed by atoms with Crippen molar-refractivity contribution in [3.63, 3.8) is 0 Å². The molecule has 1 unspecified atom stereocenters. The second kappa shape index (κ2) is 3.97. The summed E-state index contributed by atoms with van der Waals surface area (Å²) in [5, 5.41) is 0. The van der Waals surface area contributed by atoms with Crippen molar-refractivity contribution in [3.8, 4) is 0 Å². The van der Waals surface area contributed by atoms with E-state index in [2.05, 4.69) is 13.8 Å². The predicted molar refractivity (Wildman–Crippen MR) is 42.7 cm³/mol. The SMILES string of the molecule is [CH2]C(C)COC1CCCC1. The molecular weight excluding hydrogens is 124 g/mol. The third-order valence-corrected chi connectivity index (χ3v) is 1.92. The van der Waals surface area contributed by atoms with Crippen LogP contribution in [0.3, 0.4) is 0 Å². The summed E-state index contributed by atoms with van der Waals surface area (Å²) < 4.78 is 5.60. The van der Waals surface area contributed by atoms with Gasteiger partial charge >= 0.3 is 0 Å². The van der Waals surface area contributed by atoms with Gasteiger partial charge in [0.15, 0.2) is 0 Å². The molecule has 0 N–H and O–H groups in total. The molecule has 10 heavy (non-hydrogen) atoms. The largest absolute Gasteiger partial charge is 0.378 e. The second-order valence-electron chi connectivity index (χ2n) is 3.34. The van der Waals surface area contributed by atoms with Crippen LogP contribution in [0.25, 0.3) is 0 Å². The second-order valence-corrected chi connectivity index (χ2v) is 3.34. The topological polar surface area (TPSA) is 9.23 Å². The molecule has 0 saturated heterocycles. The summed E-state index contributed by atoms with van der Waals surface area (Å²) in [5.41, 5.74) is 0. The first-order valence-corrected chi connectivity index (χ1v) is 4.23. The minimum atomic E-state index is 0.445. The molecule has 1 heteroatoms. The first-order valence-electron chi connectivity index (χ1n) is 4.23. The van der Waals surface area contributed by atoms with E-state index in [1.807, 2.05) is 0 Å². The summed E-state index contributed by atoms with van der Waals surface area (Å²) in [5.74, 6) is 0.445. The molecule has 0 amide bonds. The fourth-order valence-corrected chi connectivity index (χ4v) is 1.36. The quantitative estimate of drug-likeness (QED) is 0.586. The van der Waals surface area contributed by atoms with Crippen LogP contribution >= 0.6 is 0 Å². The van der Waals surface area contributed by atoms with Gasteiger partial charge in [-0.1, -0.05) is 19.8 Å². The third kappa shape index (κ3) is 2.70. The zero-order chi connectivity index (χ0) is 7.40. The van der Waals surface area contributed by atoms with Crippen LogP contribution in [0.15, 0.2) is 0 Å². The van der Waals surface area contributed by atoms with Crippen LogP contribution in [-0.2, 0) is 4.74 Å². The summed E-state index contributed by atoms with van der Waals surface area (Å²) in [6, 6.07) is 0. The molecule has 1 fully saturated rings. The summed E-state index contributed by atoms with van der Waals surface area (Å²) in [6.07, 6.45) is 5.82. The Morgan fingerprint density at radius 3 is 2.60 bits per heavy atom. The van der Waals surface area contributed by atoms with Crippen LogP contribution < -0.4 is 0 Å². The van der Waals surface area contributed by atoms with Crippen molar-refractivity contribution in [2.45, 2.75) is 38.7 Å². The standard InChI is InChI=1S/C9H17O/c1-8(2)7-10-9-5-3-4-6-9/h8-9H,1,3-7H2,2H3. The summed E-state index contributed by atoms with van der Waals surface area (Å²) in [7, 11) is 0. The van der Waals surface area contributed by atoms with Crippen molar-refractivity contribution in [3.05, 3.63) is 6.92 Å². The minimum absolute atomic E-state index is 0.445. The van der Waals surface area contributed by atoms with E-state index in [4.69, 9.17) is 4.74 Å². The van der Waals surface area contributed by atoms with Crippen LogP contribution in [-0.4, -0.2) is 12.7 Å². The Morgan fingerprint density at radius 2 is 2.10 bits per heavy atom. The highest BCUT2D eigenvalue weighted by atomic mass is 16.5. The average molecular weight is 141 g/mol. The van der Waals surface area contributed by atoms with E-state index in [0.29, 0.717) is 12.0 Å². The van der Waals surface area contributed by atoms with Gasteiger partial charge in [0.05, 0.1) is 6.10 Å². The Bertz CT molecular complexity index is 82.7. The molecule has 0 aliphatic heterocycles. The van der Waals surface area contributed by atoms with E-state index in [0.717, 1.165) is 6.61 Å². The summed E-state index contributed by atoms with van der Waals surface area (Å²) in [4.78, 5) is 0. The summed E-state index contributed by atoms with van der Waals surface area (Å²) in [6.45, 7) is 6.80. The minimum Gasteiger partial charge on any atom is -0.378 e. The van der Waals surface area contributed by atoms with E-state index in [1.54, 1.807) is 0 Å². The number of hydrogen-bond acceptors (Lipinski definition) is 1. The van der Waals surface area contributed by atoms with E-state index < -0.39 is 0 Å². The van der Waals surface area contributed by atoms with Crippen molar-refractivity contribution in [2.75, 3.05) is 6.61 Å². The van der Waals surface area contributed by atoms with Crippen molar-refractivity contribution in [1.29, 1.82) is 0 Å². The van der Waals surface area contributed by atoms with Crippen molar-refractivity contribution in [1.82, 2.24) is 0 Å². The molecule has 0 heterocycles. The van der Waals surface area contributed by atoms with Gasteiger partial charge in [0.1, 0.15) is 0 Å². The van der Waals surface area contributed by atoms with Gasteiger partial charge in [0.2, 0.25) is 0 Å². The molecule has 59 valence electrons. The monoisotopic (exact) mass is 141 g/mol. The van der Waals surface area contributed by atoms with Crippen LogP contribution in [0.5, 0.6) is 0 Å². The molecule has 0 aromatic rings. The average Bonchev–Trinajstić information content (AvgIpc) is 2.34. The van der Waals surface area contributed by atoms with Gasteiger partial charge < -0.3 is 4.74 Å². The number of hydrogen-bond donors (Lipinski definition) is 0. The summed E-state index contributed by atoms with van der Waals surface area (Å²) >= 11 is 0. The lowest BCUT2D eigenvalue weighted by molar-refractivity contribution is 0.0452. The molecule has 1 rings (SSSR count).